The van der Waals surface area contributed by atoms with E-state index in [1.807, 2.05) is 24.5 Å². The second kappa shape index (κ2) is 8.11. The molecule has 0 radical (unpaired) electrons. The lowest BCUT2D eigenvalue weighted by Crippen LogP contribution is -2.24. The summed E-state index contributed by atoms with van der Waals surface area (Å²) in [6.45, 7) is 3.97. The van der Waals surface area contributed by atoms with Crippen LogP contribution in [0.4, 0.5) is 11.5 Å². The predicted molar refractivity (Wildman–Crippen MR) is 106 cm³/mol. The van der Waals surface area contributed by atoms with E-state index in [9.17, 15) is 0 Å². The Bertz CT molecular complexity index is 977. The zero-order chi connectivity index (χ0) is 19.3. The molecule has 0 aliphatic carbocycles. The number of hydrogen-bond donors (Lipinski definition) is 1. The van der Waals surface area contributed by atoms with Gasteiger partial charge in [-0.15, -0.1) is 0 Å². The van der Waals surface area contributed by atoms with Crippen molar-refractivity contribution in [1.82, 2.24) is 24.8 Å². The topological polar surface area (TPSA) is 90.6 Å². The van der Waals surface area contributed by atoms with Gasteiger partial charge in [-0.05, 0) is 50.1 Å². The molecule has 0 aromatic carbocycles. The summed E-state index contributed by atoms with van der Waals surface area (Å²) in [5.41, 5.74) is 4.48. The molecule has 7 heteroatoms. The molecule has 3 aromatic heterocycles. The van der Waals surface area contributed by atoms with Crippen molar-refractivity contribution in [3.63, 3.8) is 0 Å². The van der Waals surface area contributed by atoms with E-state index in [1.54, 1.807) is 24.5 Å². The number of likely N-dealkylation sites (tertiary alicyclic amines) is 1. The molecular weight excluding hydrogens is 350 g/mol. The molecule has 1 fully saturated rings. The number of nitriles is 1. The fraction of sp³-hybridized carbons (Fsp3) is 0.286. The van der Waals surface area contributed by atoms with Gasteiger partial charge in [0.2, 0.25) is 0 Å². The first-order chi connectivity index (χ1) is 13.7. The third-order valence-corrected chi connectivity index (χ3v) is 5.00. The predicted octanol–water partition coefficient (Wildman–Crippen LogP) is 3.53. The molecule has 1 saturated heterocycles. The number of hydrogen-bond acceptors (Lipinski definition) is 7. The number of nitrogens with one attached hydrogen (secondary N) is 1. The van der Waals surface area contributed by atoms with Gasteiger partial charge in [-0.1, -0.05) is 6.07 Å². The SMILES string of the molecule is Cc1cccnc1CN1CCC[C@@H]1c1cnc(Nc2ccc(C#N)nc2)cn1. The van der Waals surface area contributed by atoms with Gasteiger partial charge in [0.1, 0.15) is 17.6 Å². The Morgan fingerprint density at radius 1 is 1.14 bits per heavy atom. The quantitative estimate of drug-likeness (QED) is 0.733. The van der Waals surface area contributed by atoms with E-state index in [0.717, 1.165) is 43.0 Å². The molecule has 1 aliphatic heterocycles. The van der Waals surface area contributed by atoms with Crippen LogP contribution in [0.1, 0.15) is 41.5 Å². The van der Waals surface area contributed by atoms with Gasteiger partial charge in [0.15, 0.2) is 0 Å². The maximum atomic E-state index is 8.82. The summed E-state index contributed by atoms with van der Waals surface area (Å²) < 4.78 is 0. The van der Waals surface area contributed by atoms with Crippen LogP contribution in [0.25, 0.3) is 0 Å². The lowest BCUT2D eigenvalue weighted by atomic mass is 10.1. The lowest BCUT2D eigenvalue weighted by Gasteiger charge is -2.24. The van der Waals surface area contributed by atoms with Crippen LogP contribution in [-0.2, 0) is 6.54 Å². The van der Waals surface area contributed by atoms with Gasteiger partial charge >= 0.3 is 0 Å². The zero-order valence-corrected chi connectivity index (χ0v) is 15.7. The molecule has 0 amide bonds. The Labute approximate surface area is 164 Å². The van der Waals surface area contributed by atoms with E-state index in [2.05, 4.69) is 43.1 Å². The minimum absolute atomic E-state index is 0.263. The standard InChI is InChI=1S/C21H21N7/c1-15-4-2-8-23-19(15)14-28-9-3-5-20(28)18-12-26-21(13-25-18)27-17-7-6-16(10-22)24-11-17/h2,4,6-8,11-13,20H,3,5,9,14H2,1H3,(H,26,27)/t20-/m1/s1. The number of aromatic nitrogens is 4. The third kappa shape index (κ3) is 3.97. The summed E-state index contributed by atoms with van der Waals surface area (Å²) in [6, 6.07) is 9.81. The Kier molecular flexibility index (Phi) is 5.22. The fourth-order valence-corrected chi connectivity index (χ4v) is 3.48. The summed E-state index contributed by atoms with van der Waals surface area (Å²) in [4.78, 5) is 20.2. The minimum Gasteiger partial charge on any atom is -0.338 e. The van der Waals surface area contributed by atoms with Crippen molar-refractivity contribution in [2.75, 3.05) is 11.9 Å². The number of pyridine rings is 2. The van der Waals surface area contributed by atoms with Crippen molar-refractivity contribution >= 4 is 11.5 Å². The Morgan fingerprint density at radius 2 is 2.07 bits per heavy atom. The molecule has 0 bridgehead atoms. The maximum Gasteiger partial charge on any atom is 0.148 e. The molecule has 1 aliphatic rings. The zero-order valence-electron chi connectivity index (χ0n) is 15.7. The Morgan fingerprint density at radius 3 is 2.79 bits per heavy atom. The van der Waals surface area contributed by atoms with Crippen molar-refractivity contribution in [3.8, 4) is 6.07 Å². The highest BCUT2D eigenvalue weighted by molar-refractivity contribution is 5.54. The van der Waals surface area contributed by atoms with Gasteiger partial charge in [-0.2, -0.15) is 5.26 Å². The first-order valence-corrected chi connectivity index (χ1v) is 9.32. The molecule has 0 saturated carbocycles. The van der Waals surface area contributed by atoms with Crippen molar-refractivity contribution in [3.05, 3.63) is 71.7 Å². The van der Waals surface area contributed by atoms with Crippen LogP contribution in [0.3, 0.4) is 0 Å². The van der Waals surface area contributed by atoms with Crippen LogP contribution in [0.15, 0.2) is 49.1 Å². The van der Waals surface area contributed by atoms with Gasteiger partial charge in [-0.25, -0.2) is 9.97 Å². The van der Waals surface area contributed by atoms with Crippen molar-refractivity contribution < 1.29 is 0 Å². The van der Waals surface area contributed by atoms with E-state index >= 15 is 0 Å². The monoisotopic (exact) mass is 371 g/mol. The van der Waals surface area contributed by atoms with E-state index in [-0.39, 0.29) is 6.04 Å². The molecule has 140 valence electrons. The smallest absolute Gasteiger partial charge is 0.148 e. The lowest BCUT2D eigenvalue weighted by molar-refractivity contribution is 0.240. The van der Waals surface area contributed by atoms with Gasteiger partial charge in [0.25, 0.3) is 0 Å². The molecule has 1 N–H and O–H groups in total. The van der Waals surface area contributed by atoms with Crippen molar-refractivity contribution in [2.45, 2.75) is 32.4 Å². The maximum absolute atomic E-state index is 8.82. The van der Waals surface area contributed by atoms with Crippen LogP contribution >= 0.6 is 0 Å². The number of nitrogens with zero attached hydrogens (tertiary/aromatic N) is 6. The van der Waals surface area contributed by atoms with Crippen molar-refractivity contribution in [2.24, 2.45) is 0 Å². The average molecular weight is 371 g/mol. The summed E-state index contributed by atoms with van der Waals surface area (Å²) in [7, 11) is 0. The normalized spacial score (nSPS) is 16.6. The Balaban J connectivity index is 1.45. The first kappa shape index (κ1) is 18.0. The van der Waals surface area contributed by atoms with E-state index in [1.165, 1.54) is 5.56 Å². The number of rotatable bonds is 5. The summed E-state index contributed by atoms with van der Waals surface area (Å²) in [6.07, 6.45) is 9.28. The Hall–Kier alpha value is -3.37. The van der Waals surface area contributed by atoms with E-state index in [4.69, 9.17) is 5.26 Å². The molecule has 4 heterocycles. The molecule has 3 aromatic rings. The van der Waals surface area contributed by atoms with Gasteiger partial charge in [0.05, 0.1) is 41.7 Å². The highest BCUT2D eigenvalue weighted by atomic mass is 15.2. The summed E-state index contributed by atoms with van der Waals surface area (Å²) in [5, 5.41) is 12.0. The molecule has 0 unspecified atom stereocenters. The van der Waals surface area contributed by atoms with Crippen LogP contribution < -0.4 is 5.32 Å². The highest BCUT2D eigenvalue weighted by Crippen LogP contribution is 2.32. The molecule has 1 atom stereocenters. The van der Waals surface area contributed by atoms with Gasteiger partial charge < -0.3 is 5.32 Å². The first-order valence-electron chi connectivity index (χ1n) is 9.32. The van der Waals surface area contributed by atoms with Gasteiger partial charge in [-0.3, -0.25) is 14.9 Å². The second-order valence-corrected chi connectivity index (χ2v) is 6.89. The van der Waals surface area contributed by atoms with E-state index in [0.29, 0.717) is 11.5 Å². The van der Waals surface area contributed by atoms with Crippen LogP contribution in [-0.4, -0.2) is 31.4 Å². The van der Waals surface area contributed by atoms with E-state index < -0.39 is 0 Å². The van der Waals surface area contributed by atoms with Crippen LogP contribution in [0.2, 0.25) is 0 Å². The average Bonchev–Trinajstić information content (AvgIpc) is 3.19. The van der Waals surface area contributed by atoms with Crippen LogP contribution in [0.5, 0.6) is 0 Å². The summed E-state index contributed by atoms with van der Waals surface area (Å²) in [5.74, 6) is 0.653. The molecule has 28 heavy (non-hydrogen) atoms. The fourth-order valence-electron chi connectivity index (χ4n) is 3.48. The minimum atomic E-state index is 0.263. The summed E-state index contributed by atoms with van der Waals surface area (Å²) >= 11 is 0. The highest BCUT2D eigenvalue weighted by Gasteiger charge is 2.28. The largest absolute Gasteiger partial charge is 0.338 e. The molecular formula is C21H21N7. The molecule has 4 rings (SSSR count). The van der Waals surface area contributed by atoms with Gasteiger partial charge in [0, 0.05) is 12.7 Å². The number of aryl methyl sites for hydroxylation is 1. The molecule has 7 nitrogen and oxygen atoms in total. The van der Waals surface area contributed by atoms with Crippen molar-refractivity contribution in [1.29, 1.82) is 5.26 Å². The number of anilines is 2. The van der Waals surface area contributed by atoms with Crippen LogP contribution in [0, 0.1) is 18.3 Å². The molecule has 0 spiro atoms. The third-order valence-electron chi connectivity index (χ3n) is 5.00. The second-order valence-electron chi connectivity index (χ2n) is 6.89.